The summed E-state index contributed by atoms with van der Waals surface area (Å²) < 4.78 is 0. The molecule has 0 spiro atoms. The topological polar surface area (TPSA) is 49.3 Å². The summed E-state index contributed by atoms with van der Waals surface area (Å²) in [6.45, 7) is 4.67. The third kappa shape index (κ3) is 4.18. The number of aryl methyl sites for hydroxylation is 2. The van der Waals surface area contributed by atoms with Crippen LogP contribution in [0.2, 0.25) is 0 Å². The normalized spacial score (nSPS) is 12.0. The average molecular weight is 297 g/mol. The summed E-state index contributed by atoms with van der Waals surface area (Å²) >= 11 is 0. The summed E-state index contributed by atoms with van der Waals surface area (Å²) in [5.41, 5.74) is 4.11. The van der Waals surface area contributed by atoms with Gasteiger partial charge in [-0.1, -0.05) is 36.4 Å². The lowest BCUT2D eigenvalue weighted by molar-refractivity contribution is 0.0949. The van der Waals surface area contributed by atoms with E-state index in [1.807, 2.05) is 62.4 Å². The maximum absolute atomic E-state index is 12.3. The maximum Gasteiger partial charge on any atom is 0.251 e. The minimum absolute atomic E-state index is 0.0676. The number of amides is 1. The van der Waals surface area contributed by atoms with E-state index in [4.69, 9.17) is 0 Å². The second-order valence-corrected chi connectivity index (χ2v) is 5.63. The molecule has 0 aliphatic carbocycles. The molecule has 1 atom stereocenters. The summed E-state index contributed by atoms with van der Waals surface area (Å²) in [5.74, 6) is 0.0590. The lowest BCUT2D eigenvalue weighted by Gasteiger charge is -2.17. The van der Waals surface area contributed by atoms with Crippen molar-refractivity contribution in [2.45, 2.75) is 26.2 Å². The fraction of sp³-hybridized carbons (Fsp3) is 0.316. The first-order valence-electron chi connectivity index (χ1n) is 7.63. The van der Waals surface area contributed by atoms with Gasteiger partial charge in [-0.25, -0.2) is 0 Å². The number of benzene rings is 2. The molecule has 3 nitrogen and oxygen atoms in total. The first kappa shape index (κ1) is 16.2. The van der Waals surface area contributed by atoms with Crippen molar-refractivity contribution >= 4 is 5.91 Å². The fourth-order valence-electron chi connectivity index (χ4n) is 2.47. The van der Waals surface area contributed by atoms with Crippen LogP contribution in [0.3, 0.4) is 0 Å². The van der Waals surface area contributed by atoms with Crippen LogP contribution >= 0.6 is 0 Å². The summed E-state index contributed by atoms with van der Waals surface area (Å²) in [6, 6.07) is 15.7. The van der Waals surface area contributed by atoms with Crippen LogP contribution in [0, 0.1) is 13.8 Å². The van der Waals surface area contributed by atoms with Crippen LogP contribution in [-0.2, 0) is 0 Å². The molecule has 2 aromatic carbocycles. The van der Waals surface area contributed by atoms with E-state index in [9.17, 15) is 9.90 Å². The minimum atomic E-state index is -0.0676. The molecule has 0 fully saturated rings. The molecule has 2 N–H and O–H groups in total. The zero-order valence-corrected chi connectivity index (χ0v) is 13.2. The zero-order chi connectivity index (χ0) is 15.9. The van der Waals surface area contributed by atoms with Crippen molar-refractivity contribution in [1.29, 1.82) is 0 Å². The van der Waals surface area contributed by atoms with E-state index < -0.39 is 0 Å². The van der Waals surface area contributed by atoms with Gasteiger partial charge in [-0.3, -0.25) is 4.79 Å². The Balaban J connectivity index is 2.02. The zero-order valence-electron chi connectivity index (χ0n) is 13.2. The van der Waals surface area contributed by atoms with Crippen LogP contribution in [0.15, 0.2) is 48.5 Å². The molecular formula is C19H23NO2. The van der Waals surface area contributed by atoms with E-state index in [1.165, 1.54) is 5.56 Å². The smallest absolute Gasteiger partial charge is 0.251 e. The number of aliphatic hydroxyl groups is 1. The van der Waals surface area contributed by atoms with Crippen molar-refractivity contribution in [2.24, 2.45) is 0 Å². The second-order valence-electron chi connectivity index (χ2n) is 5.63. The lowest BCUT2D eigenvalue weighted by atomic mass is 9.96. The number of nitrogens with one attached hydrogen (secondary N) is 1. The Bertz CT molecular complexity index is 623. The van der Waals surface area contributed by atoms with E-state index in [-0.39, 0.29) is 18.4 Å². The highest BCUT2D eigenvalue weighted by molar-refractivity contribution is 5.94. The van der Waals surface area contributed by atoms with Crippen LogP contribution in [0.4, 0.5) is 0 Å². The highest BCUT2D eigenvalue weighted by Crippen LogP contribution is 2.18. The number of carbonyl (C=O) groups excluding carboxylic acids is 1. The molecule has 1 amide bonds. The molecular weight excluding hydrogens is 274 g/mol. The van der Waals surface area contributed by atoms with Crippen molar-refractivity contribution in [3.63, 3.8) is 0 Å². The maximum atomic E-state index is 12.3. The van der Waals surface area contributed by atoms with Gasteiger partial charge in [-0.05, 0) is 49.1 Å². The molecule has 0 aliphatic heterocycles. The molecule has 0 saturated carbocycles. The number of rotatable bonds is 6. The number of hydrogen-bond acceptors (Lipinski definition) is 2. The quantitative estimate of drug-likeness (QED) is 0.860. The van der Waals surface area contributed by atoms with Gasteiger partial charge in [0.15, 0.2) is 0 Å². The van der Waals surface area contributed by atoms with Gasteiger partial charge in [0.05, 0.1) is 0 Å². The summed E-state index contributed by atoms with van der Waals surface area (Å²) in [6.07, 6.45) is 0.636. The lowest BCUT2D eigenvalue weighted by Crippen LogP contribution is -2.29. The van der Waals surface area contributed by atoms with Crippen molar-refractivity contribution in [1.82, 2.24) is 5.32 Å². The Kier molecular flexibility index (Phi) is 5.73. The van der Waals surface area contributed by atoms with Crippen molar-refractivity contribution in [3.05, 3.63) is 70.8 Å². The van der Waals surface area contributed by atoms with Gasteiger partial charge in [0.25, 0.3) is 5.91 Å². The molecule has 0 radical (unpaired) electrons. The number of hydrogen-bond donors (Lipinski definition) is 2. The Morgan fingerprint density at radius 3 is 2.45 bits per heavy atom. The monoisotopic (exact) mass is 297 g/mol. The third-order valence-electron chi connectivity index (χ3n) is 4.03. The molecule has 3 heteroatoms. The highest BCUT2D eigenvalue weighted by atomic mass is 16.3. The number of aliphatic hydroxyl groups excluding tert-OH is 1. The molecule has 2 aromatic rings. The van der Waals surface area contributed by atoms with E-state index >= 15 is 0 Å². The Morgan fingerprint density at radius 1 is 1.09 bits per heavy atom. The largest absolute Gasteiger partial charge is 0.396 e. The van der Waals surface area contributed by atoms with Gasteiger partial charge in [0.2, 0.25) is 0 Å². The molecule has 1 unspecified atom stereocenters. The van der Waals surface area contributed by atoms with Crippen LogP contribution in [0.25, 0.3) is 0 Å². The fourth-order valence-corrected chi connectivity index (χ4v) is 2.47. The second kappa shape index (κ2) is 7.76. The van der Waals surface area contributed by atoms with E-state index in [0.29, 0.717) is 18.5 Å². The predicted molar refractivity (Wildman–Crippen MR) is 89.1 cm³/mol. The molecule has 0 aromatic heterocycles. The van der Waals surface area contributed by atoms with Crippen LogP contribution in [0.5, 0.6) is 0 Å². The van der Waals surface area contributed by atoms with Crippen molar-refractivity contribution in [2.75, 3.05) is 13.2 Å². The molecule has 0 saturated heterocycles. The molecule has 0 heterocycles. The summed E-state index contributed by atoms with van der Waals surface area (Å²) in [5, 5.41) is 12.2. The Labute approximate surface area is 132 Å². The molecule has 2 rings (SSSR count). The molecule has 0 bridgehead atoms. The van der Waals surface area contributed by atoms with Gasteiger partial charge in [0.1, 0.15) is 0 Å². The first-order chi connectivity index (χ1) is 10.6. The Morgan fingerprint density at radius 2 is 1.82 bits per heavy atom. The highest BCUT2D eigenvalue weighted by Gasteiger charge is 2.13. The Hall–Kier alpha value is -2.13. The summed E-state index contributed by atoms with van der Waals surface area (Å²) in [7, 11) is 0. The van der Waals surface area contributed by atoms with Crippen molar-refractivity contribution < 1.29 is 9.90 Å². The van der Waals surface area contributed by atoms with Gasteiger partial charge in [0, 0.05) is 24.6 Å². The SMILES string of the molecule is Cc1ccc(C(=O)NCC(CCO)c2ccccc2)cc1C. The van der Waals surface area contributed by atoms with Gasteiger partial charge >= 0.3 is 0 Å². The van der Waals surface area contributed by atoms with Crippen LogP contribution in [-0.4, -0.2) is 24.2 Å². The molecule has 0 aliphatic rings. The minimum Gasteiger partial charge on any atom is -0.396 e. The first-order valence-corrected chi connectivity index (χ1v) is 7.63. The van der Waals surface area contributed by atoms with E-state index in [2.05, 4.69) is 5.32 Å². The van der Waals surface area contributed by atoms with Gasteiger partial charge < -0.3 is 10.4 Å². The van der Waals surface area contributed by atoms with Crippen LogP contribution in [0.1, 0.15) is 39.4 Å². The summed E-state index contributed by atoms with van der Waals surface area (Å²) in [4.78, 5) is 12.3. The van der Waals surface area contributed by atoms with Gasteiger partial charge in [-0.2, -0.15) is 0 Å². The predicted octanol–water partition coefficient (Wildman–Crippen LogP) is 3.20. The molecule has 116 valence electrons. The average Bonchev–Trinajstić information content (AvgIpc) is 2.54. The van der Waals surface area contributed by atoms with Crippen molar-refractivity contribution in [3.8, 4) is 0 Å². The third-order valence-corrected chi connectivity index (χ3v) is 4.03. The molecule has 22 heavy (non-hydrogen) atoms. The number of carbonyl (C=O) groups is 1. The van der Waals surface area contributed by atoms with Crippen LogP contribution < -0.4 is 5.32 Å². The van der Waals surface area contributed by atoms with E-state index in [1.54, 1.807) is 0 Å². The van der Waals surface area contributed by atoms with Gasteiger partial charge in [-0.15, -0.1) is 0 Å². The van der Waals surface area contributed by atoms with E-state index in [0.717, 1.165) is 11.1 Å². The standard InChI is InChI=1S/C19H23NO2/c1-14-8-9-17(12-15(14)2)19(22)20-13-18(10-11-21)16-6-4-3-5-7-16/h3-9,12,18,21H,10-11,13H2,1-2H3,(H,20,22).